The van der Waals surface area contributed by atoms with E-state index in [0.717, 1.165) is 11.1 Å². The normalized spacial score (nSPS) is 21.1. The first-order chi connectivity index (χ1) is 12.8. The maximum absolute atomic E-state index is 14.8. The van der Waals surface area contributed by atoms with Crippen molar-refractivity contribution in [3.8, 4) is 5.75 Å². The molecule has 1 fully saturated rings. The third kappa shape index (κ3) is 3.00. The van der Waals surface area contributed by atoms with E-state index in [9.17, 15) is 13.6 Å². The number of aromatic nitrogens is 3. The number of ether oxygens (including phenoxy) is 1. The van der Waals surface area contributed by atoms with Crippen molar-refractivity contribution in [2.75, 3.05) is 18.0 Å². The lowest BCUT2D eigenvalue weighted by atomic mass is 10.00. The van der Waals surface area contributed by atoms with Gasteiger partial charge in [0.05, 0.1) is 36.7 Å². The minimum absolute atomic E-state index is 0.154. The van der Waals surface area contributed by atoms with Crippen LogP contribution in [0.3, 0.4) is 0 Å². The molecule has 7 nitrogen and oxygen atoms in total. The zero-order valence-corrected chi connectivity index (χ0v) is 15.4. The summed E-state index contributed by atoms with van der Waals surface area (Å²) in [6.07, 6.45) is 1.96. The molecular formula is C18H21F2N5O2. The smallest absolute Gasteiger partial charge is 0.301 e. The lowest BCUT2D eigenvalue weighted by Crippen LogP contribution is -2.54. The van der Waals surface area contributed by atoms with E-state index in [2.05, 4.69) is 15.4 Å². The highest BCUT2D eigenvalue weighted by Crippen LogP contribution is 2.35. The Labute approximate surface area is 155 Å². The summed E-state index contributed by atoms with van der Waals surface area (Å²) in [7, 11) is 1.71. The Morgan fingerprint density at radius 3 is 2.78 bits per heavy atom. The summed E-state index contributed by atoms with van der Waals surface area (Å²) in [6, 6.07) is 0. The van der Waals surface area contributed by atoms with Gasteiger partial charge >= 0.3 is 5.92 Å². The zero-order valence-electron chi connectivity index (χ0n) is 15.4. The van der Waals surface area contributed by atoms with Crippen molar-refractivity contribution >= 4 is 11.7 Å². The molecule has 4 heterocycles. The number of piperidine rings is 1. The van der Waals surface area contributed by atoms with Crippen molar-refractivity contribution in [1.29, 1.82) is 0 Å². The second kappa shape index (κ2) is 6.17. The first kappa shape index (κ1) is 17.7. The molecule has 0 spiro atoms. The summed E-state index contributed by atoms with van der Waals surface area (Å²) < 4.78 is 36.5. The Hall–Kier alpha value is -2.71. The second-order valence-electron chi connectivity index (χ2n) is 7.12. The summed E-state index contributed by atoms with van der Waals surface area (Å²) in [5, 5.41) is 6.69. The van der Waals surface area contributed by atoms with Gasteiger partial charge in [0.2, 0.25) is 0 Å². The molecule has 2 aliphatic heterocycles. The molecule has 0 aromatic carbocycles. The molecule has 1 atom stereocenters. The van der Waals surface area contributed by atoms with Crippen molar-refractivity contribution in [2.24, 2.45) is 7.05 Å². The van der Waals surface area contributed by atoms with Crippen LogP contribution in [0.2, 0.25) is 0 Å². The van der Waals surface area contributed by atoms with E-state index in [1.54, 1.807) is 18.1 Å². The van der Waals surface area contributed by atoms with Gasteiger partial charge in [0.1, 0.15) is 5.82 Å². The minimum atomic E-state index is -3.04. The second-order valence-corrected chi connectivity index (χ2v) is 7.12. The quantitative estimate of drug-likeness (QED) is 0.886. The largest absolute Gasteiger partial charge is 0.481 e. The lowest BCUT2D eigenvalue weighted by Gasteiger charge is -2.39. The van der Waals surface area contributed by atoms with E-state index in [1.807, 2.05) is 13.8 Å². The molecule has 1 amide bonds. The number of rotatable bonds is 3. The van der Waals surface area contributed by atoms with E-state index in [4.69, 9.17) is 4.74 Å². The summed E-state index contributed by atoms with van der Waals surface area (Å²) in [5.41, 5.74) is 2.74. The topological polar surface area (TPSA) is 72.3 Å². The van der Waals surface area contributed by atoms with Crippen molar-refractivity contribution in [3.63, 3.8) is 0 Å². The number of alkyl halides is 2. The number of halogens is 2. The molecule has 4 rings (SSSR count). The summed E-state index contributed by atoms with van der Waals surface area (Å²) in [6.45, 7) is 3.90. The fraction of sp³-hybridized carbons (Fsp3) is 0.500. The van der Waals surface area contributed by atoms with E-state index < -0.39 is 18.6 Å². The van der Waals surface area contributed by atoms with Crippen LogP contribution in [0.4, 0.5) is 14.6 Å². The Bertz CT molecular complexity index is 911. The van der Waals surface area contributed by atoms with Crippen LogP contribution in [0.25, 0.3) is 0 Å². The van der Waals surface area contributed by atoms with Gasteiger partial charge in [-0.3, -0.25) is 9.48 Å². The fourth-order valence-corrected chi connectivity index (χ4v) is 3.70. The number of carbonyl (C=O) groups is 1. The number of nitrogens with one attached hydrogen (secondary N) is 1. The number of fused-ring (bicyclic) bond motifs is 1. The van der Waals surface area contributed by atoms with Crippen molar-refractivity contribution in [2.45, 2.75) is 38.8 Å². The van der Waals surface area contributed by atoms with Crippen LogP contribution in [0.15, 0.2) is 12.4 Å². The van der Waals surface area contributed by atoms with Gasteiger partial charge in [-0.1, -0.05) is 0 Å². The molecule has 2 aromatic heterocycles. The van der Waals surface area contributed by atoms with Crippen molar-refractivity contribution in [3.05, 3.63) is 34.8 Å². The lowest BCUT2D eigenvalue weighted by molar-refractivity contribution is -0.101. The van der Waals surface area contributed by atoms with E-state index in [1.165, 1.54) is 10.9 Å². The Morgan fingerprint density at radius 1 is 1.33 bits per heavy atom. The average molecular weight is 377 g/mol. The van der Waals surface area contributed by atoms with Gasteiger partial charge in [0.15, 0.2) is 11.9 Å². The molecule has 0 radical (unpaired) electrons. The standard InChI is InChI=1S/C18H21F2N5O2/c1-10-11(2)16(23-13-7-21-17(26)15(10)13)25-5-4-14(18(19,20)9-25)27-12-6-22-24(3)8-12/h6,8,14H,4-5,7,9H2,1-3H3,(H,21,26)/t14-/m0/s1. The predicted molar refractivity (Wildman–Crippen MR) is 94.3 cm³/mol. The van der Waals surface area contributed by atoms with Gasteiger partial charge in [0.25, 0.3) is 5.91 Å². The van der Waals surface area contributed by atoms with E-state index >= 15 is 0 Å². The van der Waals surface area contributed by atoms with Gasteiger partial charge < -0.3 is 15.0 Å². The van der Waals surface area contributed by atoms with Crippen molar-refractivity contribution in [1.82, 2.24) is 20.1 Å². The zero-order chi connectivity index (χ0) is 19.3. The third-order valence-electron chi connectivity index (χ3n) is 5.24. The van der Waals surface area contributed by atoms with Crippen LogP contribution in [-0.4, -0.2) is 45.8 Å². The van der Waals surface area contributed by atoms with Crippen LogP contribution < -0.4 is 15.0 Å². The molecule has 27 heavy (non-hydrogen) atoms. The molecule has 0 saturated carbocycles. The molecule has 2 aliphatic rings. The Kier molecular flexibility index (Phi) is 4.05. The molecule has 9 heteroatoms. The number of pyridine rings is 1. The molecule has 0 bridgehead atoms. The van der Waals surface area contributed by atoms with Crippen LogP contribution in [-0.2, 0) is 13.6 Å². The number of hydrogen-bond acceptors (Lipinski definition) is 5. The summed E-state index contributed by atoms with van der Waals surface area (Å²) in [5.74, 6) is -2.34. The molecule has 2 aromatic rings. The molecule has 1 N–H and O–H groups in total. The van der Waals surface area contributed by atoms with Gasteiger partial charge in [-0.15, -0.1) is 0 Å². The number of carbonyl (C=O) groups excluding carboxylic acids is 1. The highest BCUT2D eigenvalue weighted by Gasteiger charge is 2.47. The number of aryl methyl sites for hydroxylation is 1. The average Bonchev–Trinajstić information content (AvgIpc) is 3.18. The number of nitrogens with zero attached hydrogens (tertiary/aromatic N) is 4. The summed E-state index contributed by atoms with van der Waals surface area (Å²) >= 11 is 0. The maximum atomic E-state index is 14.8. The van der Waals surface area contributed by atoms with Crippen LogP contribution >= 0.6 is 0 Å². The van der Waals surface area contributed by atoms with Crippen LogP contribution in [0.1, 0.15) is 33.6 Å². The molecule has 1 saturated heterocycles. The SMILES string of the molecule is Cc1c(N2CC[C@H](Oc3cnn(C)c3)C(F)(F)C2)nc2c(c1C)C(=O)NC2. The van der Waals surface area contributed by atoms with Crippen LogP contribution in [0.5, 0.6) is 5.75 Å². The highest BCUT2D eigenvalue weighted by molar-refractivity contribution is 5.99. The predicted octanol–water partition coefficient (Wildman–Crippen LogP) is 1.97. The first-order valence-corrected chi connectivity index (χ1v) is 8.82. The summed E-state index contributed by atoms with van der Waals surface area (Å²) in [4.78, 5) is 18.1. The highest BCUT2D eigenvalue weighted by atomic mass is 19.3. The Balaban J connectivity index is 1.57. The third-order valence-corrected chi connectivity index (χ3v) is 5.24. The number of amides is 1. The van der Waals surface area contributed by atoms with Crippen LogP contribution in [0, 0.1) is 13.8 Å². The fourth-order valence-electron chi connectivity index (χ4n) is 3.70. The Morgan fingerprint density at radius 2 is 2.11 bits per heavy atom. The maximum Gasteiger partial charge on any atom is 0.301 e. The van der Waals surface area contributed by atoms with E-state index in [-0.39, 0.29) is 12.3 Å². The number of anilines is 1. The van der Waals surface area contributed by atoms with Crippen molar-refractivity contribution < 1.29 is 18.3 Å². The van der Waals surface area contributed by atoms with Gasteiger partial charge in [-0.25, -0.2) is 13.8 Å². The number of hydrogen-bond donors (Lipinski definition) is 1. The monoisotopic (exact) mass is 377 g/mol. The first-order valence-electron chi connectivity index (χ1n) is 8.82. The minimum Gasteiger partial charge on any atom is -0.481 e. The van der Waals surface area contributed by atoms with E-state index in [0.29, 0.717) is 35.9 Å². The van der Waals surface area contributed by atoms with Gasteiger partial charge in [-0.05, 0) is 25.0 Å². The van der Waals surface area contributed by atoms with Gasteiger partial charge in [-0.2, -0.15) is 5.10 Å². The van der Waals surface area contributed by atoms with Gasteiger partial charge in [0, 0.05) is 20.0 Å². The molecular weight excluding hydrogens is 356 g/mol. The molecule has 0 aliphatic carbocycles. The molecule has 144 valence electrons. The molecule has 0 unspecified atom stereocenters.